The highest BCUT2D eigenvalue weighted by Crippen LogP contribution is 2.18. The van der Waals surface area contributed by atoms with Crippen molar-refractivity contribution in [3.63, 3.8) is 0 Å². The van der Waals surface area contributed by atoms with Crippen LogP contribution in [0.3, 0.4) is 0 Å². The fourth-order valence-corrected chi connectivity index (χ4v) is 1.51. The summed E-state index contributed by atoms with van der Waals surface area (Å²) in [6.45, 7) is 1.83. The Bertz CT molecular complexity index is 567. The Balaban J connectivity index is 2.34. The molecule has 1 N–H and O–H groups in total. The van der Waals surface area contributed by atoms with E-state index in [0.717, 1.165) is 0 Å². The predicted octanol–water partition coefficient (Wildman–Crippen LogP) is 1.62. The van der Waals surface area contributed by atoms with Gasteiger partial charge in [-0.15, -0.1) is 5.10 Å². The number of rotatable bonds is 4. The van der Waals surface area contributed by atoms with E-state index >= 15 is 0 Å². The topological polar surface area (TPSA) is 94.1 Å². The van der Waals surface area contributed by atoms with Crippen LogP contribution < -0.4 is 0 Å². The van der Waals surface area contributed by atoms with E-state index < -0.39 is 11.0 Å². The van der Waals surface area contributed by atoms with Crippen molar-refractivity contribution >= 4 is 5.69 Å². The molecule has 0 amide bonds. The molecule has 94 valence electrons. The molecule has 0 spiro atoms. The maximum atomic E-state index is 10.7. The number of aliphatic hydroxyl groups excluding tert-OH is 1. The van der Waals surface area contributed by atoms with Gasteiger partial charge in [0.15, 0.2) is 0 Å². The van der Waals surface area contributed by atoms with Crippen LogP contribution in [0.25, 0.3) is 5.69 Å². The lowest BCUT2D eigenvalue weighted by Crippen LogP contribution is -1.96. The lowest BCUT2D eigenvalue weighted by Gasteiger charge is -2.01. The molecule has 2 aromatic rings. The van der Waals surface area contributed by atoms with Crippen LogP contribution in [0.5, 0.6) is 0 Å². The number of benzene rings is 1. The number of nitrogens with zero attached hydrogens (tertiary/aromatic N) is 4. The molecule has 1 heterocycles. The molecule has 0 radical (unpaired) electrons. The van der Waals surface area contributed by atoms with Crippen LogP contribution in [0.4, 0.5) is 5.69 Å². The second-order valence-electron chi connectivity index (χ2n) is 3.79. The Morgan fingerprint density at radius 2 is 2.33 bits per heavy atom. The van der Waals surface area contributed by atoms with Crippen molar-refractivity contribution in [1.82, 2.24) is 15.0 Å². The van der Waals surface area contributed by atoms with E-state index in [0.29, 0.717) is 17.8 Å². The Hall–Kier alpha value is -2.28. The molecule has 0 saturated heterocycles. The van der Waals surface area contributed by atoms with Gasteiger partial charge in [-0.2, -0.15) is 0 Å². The van der Waals surface area contributed by atoms with Gasteiger partial charge in [0.25, 0.3) is 5.69 Å². The lowest BCUT2D eigenvalue weighted by molar-refractivity contribution is -0.384. The molecule has 0 fully saturated rings. The molecule has 1 aromatic heterocycles. The van der Waals surface area contributed by atoms with E-state index in [1.807, 2.05) is 6.92 Å². The third-order valence-electron chi connectivity index (χ3n) is 2.54. The quantitative estimate of drug-likeness (QED) is 0.655. The zero-order valence-electron chi connectivity index (χ0n) is 9.72. The summed E-state index contributed by atoms with van der Waals surface area (Å²) in [7, 11) is 0. The van der Waals surface area contributed by atoms with Gasteiger partial charge >= 0.3 is 0 Å². The van der Waals surface area contributed by atoms with Gasteiger partial charge in [0.05, 0.1) is 22.9 Å². The van der Waals surface area contributed by atoms with Crippen molar-refractivity contribution in [2.75, 3.05) is 0 Å². The number of non-ortho nitro benzene ring substituents is 1. The van der Waals surface area contributed by atoms with Crippen LogP contribution in [-0.4, -0.2) is 25.0 Å². The fraction of sp³-hybridized carbons (Fsp3) is 0.273. The number of aromatic nitrogens is 3. The average molecular weight is 248 g/mol. The molecule has 0 aliphatic rings. The monoisotopic (exact) mass is 248 g/mol. The number of nitro groups is 1. The molecular formula is C11H12N4O3. The SMILES string of the molecule is CCC(O)c1cn(-c2cccc([N+](=O)[O-])c2)nn1. The van der Waals surface area contributed by atoms with Crippen LogP contribution in [0.1, 0.15) is 25.1 Å². The Morgan fingerprint density at radius 1 is 1.56 bits per heavy atom. The minimum atomic E-state index is -0.669. The first kappa shape index (κ1) is 12.2. The number of hydrogen-bond acceptors (Lipinski definition) is 5. The summed E-state index contributed by atoms with van der Waals surface area (Å²) in [5, 5.41) is 27.9. The first-order valence-electron chi connectivity index (χ1n) is 5.47. The minimum Gasteiger partial charge on any atom is -0.387 e. The highest BCUT2D eigenvalue weighted by molar-refractivity contribution is 5.42. The van der Waals surface area contributed by atoms with Crippen molar-refractivity contribution in [3.8, 4) is 5.69 Å². The Kier molecular flexibility index (Phi) is 3.33. The van der Waals surface area contributed by atoms with Gasteiger partial charge in [-0.1, -0.05) is 18.2 Å². The van der Waals surface area contributed by atoms with Gasteiger partial charge in [0.1, 0.15) is 5.69 Å². The molecule has 0 aliphatic carbocycles. The van der Waals surface area contributed by atoms with Crippen LogP contribution in [0, 0.1) is 10.1 Å². The average Bonchev–Trinajstić information content (AvgIpc) is 2.87. The molecule has 7 heteroatoms. The second-order valence-corrected chi connectivity index (χ2v) is 3.79. The summed E-state index contributed by atoms with van der Waals surface area (Å²) in [5.74, 6) is 0. The molecule has 18 heavy (non-hydrogen) atoms. The first-order valence-corrected chi connectivity index (χ1v) is 5.47. The zero-order chi connectivity index (χ0) is 13.1. The van der Waals surface area contributed by atoms with E-state index in [1.165, 1.54) is 16.8 Å². The molecule has 1 unspecified atom stereocenters. The molecule has 7 nitrogen and oxygen atoms in total. The van der Waals surface area contributed by atoms with Gasteiger partial charge in [0, 0.05) is 12.1 Å². The maximum Gasteiger partial charge on any atom is 0.271 e. The van der Waals surface area contributed by atoms with E-state index in [4.69, 9.17) is 0 Å². The largest absolute Gasteiger partial charge is 0.387 e. The molecule has 0 bridgehead atoms. The summed E-state index contributed by atoms with van der Waals surface area (Å²) in [6.07, 6.45) is 1.43. The molecule has 1 atom stereocenters. The summed E-state index contributed by atoms with van der Waals surface area (Å²) < 4.78 is 1.40. The second kappa shape index (κ2) is 4.92. The third-order valence-corrected chi connectivity index (χ3v) is 2.54. The molecule has 0 aliphatic heterocycles. The fourth-order valence-electron chi connectivity index (χ4n) is 1.51. The molecule has 2 rings (SSSR count). The number of aliphatic hydroxyl groups is 1. The van der Waals surface area contributed by atoms with Gasteiger partial charge in [0.2, 0.25) is 0 Å². The van der Waals surface area contributed by atoms with Gasteiger partial charge in [-0.05, 0) is 12.5 Å². The van der Waals surface area contributed by atoms with Crippen LogP contribution in [-0.2, 0) is 0 Å². The van der Waals surface area contributed by atoms with E-state index in [1.54, 1.807) is 18.3 Å². The van der Waals surface area contributed by atoms with E-state index in [-0.39, 0.29) is 5.69 Å². The number of nitro benzene ring substituents is 1. The molecule has 1 aromatic carbocycles. The smallest absolute Gasteiger partial charge is 0.271 e. The van der Waals surface area contributed by atoms with Crippen LogP contribution in [0.2, 0.25) is 0 Å². The molecular weight excluding hydrogens is 236 g/mol. The Labute approximate surface area is 103 Å². The summed E-state index contributed by atoms with van der Waals surface area (Å²) in [5.41, 5.74) is 0.968. The van der Waals surface area contributed by atoms with Crippen molar-refractivity contribution in [1.29, 1.82) is 0 Å². The van der Waals surface area contributed by atoms with Gasteiger partial charge in [-0.3, -0.25) is 10.1 Å². The highest BCUT2D eigenvalue weighted by Gasteiger charge is 2.12. The first-order chi connectivity index (χ1) is 8.61. The van der Waals surface area contributed by atoms with Gasteiger partial charge < -0.3 is 5.11 Å². The van der Waals surface area contributed by atoms with Crippen molar-refractivity contribution in [2.24, 2.45) is 0 Å². The Morgan fingerprint density at radius 3 is 3.00 bits per heavy atom. The molecule has 0 saturated carbocycles. The van der Waals surface area contributed by atoms with Crippen molar-refractivity contribution in [3.05, 3.63) is 46.3 Å². The normalized spacial score (nSPS) is 12.3. The van der Waals surface area contributed by atoms with Gasteiger partial charge in [-0.25, -0.2) is 4.68 Å². The number of hydrogen-bond donors (Lipinski definition) is 1. The zero-order valence-corrected chi connectivity index (χ0v) is 9.72. The minimum absolute atomic E-state index is 0.0133. The van der Waals surface area contributed by atoms with Crippen molar-refractivity contribution in [2.45, 2.75) is 19.4 Å². The highest BCUT2D eigenvalue weighted by atomic mass is 16.6. The summed E-state index contributed by atoms with van der Waals surface area (Å²) in [6, 6.07) is 6.06. The van der Waals surface area contributed by atoms with Crippen molar-refractivity contribution < 1.29 is 10.0 Å². The summed E-state index contributed by atoms with van der Waals surface area (Å²) in [4.78, 5) is 10.2. The van der Waals surface area contributed by atoms with Crippen LogP contribution >= 0.6 is 0 Å². The standard InChI is InChI=1S/C11H12N4O3/c1-2-11(16)10-7-14(13-12-10)8-4-3-5-9(6-8)15(17)18/h3-7,11,16H,2H2,1H3. The summed E-state index contributed by atoms with van der Waals surface area (Å²) >= 11 is 0. The lowest BCUT2D eigenvalue weighted by atomic mass is 10.2. The van der Waals surface area contributed by atoms with E-state index in [9.17, 15) is 15.2 Å². The predicted molar refractivity (Wildman–Crippen MR) is 63.3 cm³/mol. The maximum absolute atomic E-state index is 10.7. The van der Waals surface area contributed by atoms with Crippen LogP contribution in [0.15, 0.2) is 30.5 Å². The van der Waals surface area contributed by atoms with E-state index in [2.05, 4.69) is 10.3 Å². The third kappa shape index (κ3) is 2.35.